The number of nitrogens with one attached hydrogen (secondary N) is 2. The Morgan fingerprint density at radius 2 is 1.52 bits per heavy atom. The average molecular weight is 305 g/mol. The molecule has 0 saturated carbocycles. The lowest BCUT2D eigenvalue weighted by molar-refractivity contribution is 0.527. The summed E-state index contributed by atoms with van der Waals surface area (Å²) in [5.41, 5.74) is 3.60. The van der Waals surface area contributed by atoms with E-state index < -0.39 is 10.2 Å². The summed E-state index contributed by atoms with van der Waals surface area (Å²) in [4.78, 5) is 0. The predicted molar refractivity (Wildman–Crippen MR) is 87.1 cm³/mol. The summed E-state index contributed by atoms with van der Waals surface area (Å²) in [6, 6.07) is 15.1. The highest BCUT2D eigenvalue weighted by molar-refractivity contribution is 7.90. The Kier molecular flexibility index (Phi) is 4.50. The van der Waals surface area contributed by atoms with Crippen molar-refractivity contribution in [3.05, 3.63) is 54.1 Å². The maximum Gasteiger partial charge on any atom is 0.301 e. The zero-order valence-electron chi connectivity index (χ0n) is 12.3. The monoisotopic (exact) mass is 305 g/mol. The van der Waals surface area contributed by atoms with Crippen LogP contribution in [0, 0.1) is 6.92 Å². The van der Waals surface area contributed by atoms with Crippen molar-refractivity contribution in [2.24, 2.45) is 0 Å². The van der Waals surface area contributed by atoms with Crippen molar-refractivity contribution in [1.29, 1.82) is 0 Å². The number of aryl methyl sites for hydroxylation is 1. The van der Waals surface area contributed by atoms with Crippen molar-refractivity contribution in [3.8, 4) is 0 Å². The van der Waals surface area contributed by atoms with Crippen molar-refractivity contribution >= 4 is 27.3 Å². The minimum absolute atomic E-state index is 0.526. The van der Waals surface area contributed by atoms with Gasteiger partial charge in [0.15, 0.2) is 0 Å². The van der Waals surface area contributed by atoms with Crippen LogP contribution in [0.2, 0.25) is 0 Å². The quantitative estimate of drug-likeness (QED) is 0.893. The fraction of sp³-hybridized carbons (Fsp3) is 0.200. The van der Waals surface area contributed by atoms with Gasteiger partial charge in [-0.05, 0) is 48.9 Å². The van der Waals surface area contributed by atoms with Gasteiger partial charge in [0.1, 0.15) is 0 Å². The molecule has 0 radical (unpaired) electrons. The maximum absolute atomic E-state index is 11.7. The Hall–Kier alpha value is -2.05. The van der Waals surface area contributed by atoms with Crippen molar-refractivity contribution in [1.82, 2.24) is 4.31 Å². The van der Waals surface area contributed by atoms with Crippen molar-refractivity contribution < 1.29 is 8.42 Å². The van der Waals surface area contributed by atoms with Crippen LogP contribution in [-0.4, -0.2) is 26.8 Å². The molecule has 2 rings (SSSR count). The average Bonchev–Trinajstić information content (AvgIpc) is 2.40. The van der Waals surface area contributed by atoms with Gasteiger partial charge in [0.05, 0.1) is 0 Å². The highest BCUT2D eigenvalue weighted by Crippen LogP contribution is 2.20. The van der Waals surface area contributed by atoms with Crippen LogP contribution in [0.3, 0.4) is 0 Å². The van der Waals surface area contributed by atoms with Crippen molar-refractivity contribution in [3.63, 3.8) is 0 Å². The van der Waals surface area contributed by atoms with Crippen LogP contribution in [0.1, 0.15) is 5.56 Å². The number of hydrogen-bond donors (Lipinski definition) is 2. The highest BCUT2D eigenvalue weighted by atomic mass is 32.2. The third-order valence-corrected chi connectivity index (χ3v) is 4.37. The van der Waals surface area contributed by atoms with E-state index in [9.17, 15) is 8.42 Å². The van der Waals surface area contributed by atoms with Gasteiger partial charge in [-0.2, -0.15) is 12.7 Å². The Morgan fingerprint density at radius 3 is 2.10 bits per heavy atom. The number of benzene rings is 2. The summed E-state index contributed by atoms with van der Waals surface area (Å²) >= 11 is 0. The first-order valence-electron chi connectivity index (χ1n) is 6.51. The first-order chi connectivity index (χ1) is 9.87. The number of anilines is 3. The van der Waals surface area contributed by atoms with Crippen molar-refractivity contribution in [2.75, 3.05) is 24.1 Å². The molecule has 21 heavy (non-hydrogen) atoms. The van der Waals surface area contributed by atoms with Gasteiger partial charge in [0, 0.05) is 31.2 Å². The molecule has 0 spiro atoms. The summed E-state index contributed by atoms with van der Waals surface area (Å²) in [6.45, 7) is 2.03. The summed E-state index contributed by atoms with van der Waals surface area (Å²) in [5.74, 6) is 0. The van der Waals surface area contributed by atoms with Crippen LogP contribution in [0.4, 0.5) is 17.1 Å². The lowest BCUT2D eigenvalue weighted by Gasteiger charge is -2.14. The molecule has 0 heterocycles. The van der Waals surface area contributed by atoms with Gasteiger partial charge in [-0.3, -0.25) is 4.72 Å². The van der Waals surface area contributed by atoms with E-state index in [2.05, 4.69) is 10.0 Å². The molecule has 112 valence electrons. The normalized spacial score (nSPS) is 11.4. The molecule has 0 aromatic heterocycles. The summed E-state index contributed by atoms with van der Waals surface area (Å²) in [6.07, 6.45) is 0. The smallest absolute Gasteiger partial charge is 0.301 e. The molecule has 5 nitrogen and oxygen atoms in total. The van der Waals surface area contributed by atoms with Crippen LogP contribution < -0.4 is 10.0 Å². The second-order valence-electron chi connectivity index (χ2n) is 4.96. The topological polar surface area (TPSA) is 61.4 Å². The Labute approximate surface area is 125 Å². The first kappa shape index (κ1) is 15.3. The van der Waals surface area contributed by atoms with E-state index in [0.29, 0.717) is 5.69 Å². The maximum atomic E-state index is 11.7. The fourth-order valence-electron chi connectivity index (χ4n) is 1.75. The molecule has 2 N–H and O–H groups in total. The lowest BCUT2D eigenvalue weighted by atomic mass is 10.2. The Balaban J connectivity index is 2.09. The lowest BCUT2D eigenvalue weighted by Crippen LogP contribution is -2.28. The molecule has 6 heteroatoms. The largest absolute Gasteiger partial charge is 0.356 e. The standard InChI is InChI=1S/C15H19N3O2S/c1-12-5-4-6-15(11-12)16-13-7-9-14(10-8-13)17-21(19,20)18(2)3/h4-11,16-17H,1-3H3. The zero-order chi connectivity index (χ0) is 15.5. The molecule has 0 fully saturated rings. The molecule has 0 saturated heterocycles. The number of rotatable bonds is 5. The summed E-state index contributed by atoms with van der Waals surface area (Å²) < 4.78 is 27.0. The first-order valence-corrected chi connectivity index (χ1v) is 7.95. The molecule has 0 bridgehead atoms. The molecule has 0 atom stereocenters. The van der Waals surface area contributed by atoms with Gasteiger partial charge in [0.25, 0.3) is 0 Å². The van der Waals surface area contributed by atoms with E-state index in [1.807, 2.05) is 43.3 Å². The van der Waals surface area contributed by atoms with Gasteiger partial charge in [-0.25, -0.2) is 0 Å². The van der Waals surface area contributed by atoms with Gasteiger partial charge < -0.3 is 5.32 Å². The van der Waals surface area contributed by atoms with E-state index in [1.54, 1.807) is 12.1 Å². The highest BCUT2D eigenvalue weighted by Gasteiger charge is 2.12. The van der Waals surface area contributed by atoms with E-state index in [0.717, 1.165) is 15.7 Å². The molecular weight excluding hydrogens is 286 g/mol. The second-order valence-corrected chi connectivity index (χ2v) is 6.85. The molecule has 0 unspecified atom stereocenters. The minimum Gasteiger partial charge on any atom is -0.356 e. The molecule has 0 aliphatic carbocycles. The Bertz CT molecular complexity index is 710. The molecule has 2 aromatic carbocycles. The van der Waals surface area contributed by atoms with Gasteiger partial charge >= 0.3 is 10.2 Å². The molecule has 0 amide bonds. The molecule has 0 aliphatic heterocycles. The van der Waals surface area contributed by atoms with Crippen LogP contribution in [-0.2, 0) is 10.2 Å². The second kappa shape index (κ2) is 6.15. The van der Waals surface area contributed by atoms with Gasteiger partial charge in [0.2, 0.25) is 0 Å². The van der Waals surface area contributed by atoms with Crippen LogP contribution >= 0.6 is 0 Å². The third kappa shape index (κ3) is 4.21. The van der Waals surface area contributed by atoms with E-state index in [4.69, 9.17) is 0 Å². The van der Waals surface area contributed by atoms with E-state index in [1.165, 1.54) is 19.7 Å². The van der Waals surface area contributed by atoms with Crippen LogP contribution in [0.15, 0.2) is 48.5 Å². The van der Waals surface area contributed by atoms with Crippen LogP contribution in [0.5, 0.6) is 0 Å². The fourth-order valence-corrected chi connectivity index (χ4v) is 2.37. The summed E-state index contributed by atoms with van der Waals surface area (Å²) in [5, 5.41) is 3.27. The van der Waals surface area contributed by atoms with Crippen LogP contribution in [0.25, 0.3) is 0 Å². The molecule has 0 aliphatic rings. The zero-order valence-corrected chi connectivity index (χ0v) is 13.1. The third-order valence-electron chi connectivity index (χ3n) is 2.92. The number of nitrogens with zero attached hydrogens (tertiary/aromatic N) is 1. The molecule has 2 aromatic rings. The van der Waals surface area contributed by atoms with E-state index >= 15 is 0 Å². The Morgan fingerprint density at radius 1 is 0.905 bits per heavy atom. The summed E-state index contributed by atoms with van der Waals surface area (Å²) in [7, 11) is -0.501. The van der Waals surface area contributed by atoms with E-state index in [-0.39, 0.29) is 0 Å². The minimum atomic E-state index is -3.47. The predicted octanol–water partition coefficient (Wildman–Crippen LogP) is 2.96. The molecular formula is C15H19N3O2S. The van der Waals surface area contributed by atoms with Gasteiger partial charge in [-0.1, -0.05) is 12.1 Å². The van der Waals surface area contributed by atoms with Crippen molar-refractivity contribution in [2.45, 2.75) is 6.92 Å². The SMILES string of the molecule is Cc1cccc(Nc2ccc(NS(=O)(=O)N(C)C)cc2)c1. The van der Waals surface area contributed by atoms with Gasteiger partial charge in [-0.15, -0.1) is 0 Å². The number of hydrogen-bond acceptors (Lipinski definition) is 3.